The van der Waals surface area contributed by atoms with Crippen LogP contribution in [0.5, 0.6) is 0 Å². The van der Waals surface area contributed by atoms with E-state index in [0.717, 1.165) is 9.40 Å². The Balaban J connectivity index is 2.45. The third-order valence-electron chi connectivity index (χ3n) is 2.90. The van der Waals surface area contributed by atoms with Gasteiger partial charge in [-0.2, -0.15) is 0 Å². The maximum Gasteiger partial charge on any atom is 0.488 e. The van der Waals surface area contributed by atoms with E-state index in [1.165, 1.54) is 11.3 Å². The molecule has 0 aliphatic heterocycles. The van der Waals surface area contributed by atoms with Gasteiger partial charge < -0.3 is 10.0 Å². The molecule has 0 saturated carbocycles. The number of benzene rings is 2. The average molecular weight is 256 g/mol. The van der Waals surface area contributed by atoms with Gasteiger partial charge in [0.15, 0.2) is 5.43 Å². The number of hydrogen-bond acceptors (Lipinski definition) is 4. The molecule has 0 aliphatic rings. The van der Waals surface area contributed by atoms with Crippen LogP contribution in [-0.2, 0) is 0 Å². The summed E-state index contributed by atoms with van der Waals surface area (Å²) in [6.45, 7) is 0. The van der Waals surface area contributed by atoms with Gasteiger partial charge in [0.05, 0.1) is 0 Å². The molecule has 5 heteroatoms. The summed E-state index contributed by atoms with van der Waals surface area (Å²) in [5.74, 6) is 0. The summed E-state index contributed by atoms with van der Waals surface area (Å²) in [5, 5.41) is 19.5. The first kappa shape index (κ1) is 11.4. The number of fused-ring (bicyclic) bond motifs is 2. The second kappa shape index (κ2) is 4.21. The van der Waals surface area contributed by atoms with Crippen molar-refractivity contribution in [1.29, 1.82) is 0 Å². The Kier molecular flexibility index (Phi) is 2.67. The first-order chi connectivity index (χ1) is 8.66. The number of rotatable bonds is 1. The zero-order valence-electron chi connectivity index (χ0n) is 9.33. The maximum atomic E-state index is 12.3. The Morgan fingerprint density at radius 2 is 1.67 bits per heavy atom. The summed E-state index contributed by atoms with van der Waals surface area (Å²) < 4.78 is 1.79. The van der Waals surface area contributed by atoms with Crippen LogP contribution in [0, 0.1) is 0 Å². The van der Waals surface area contributed by atoms with Gasteiger partial charge in [-0.05, 0) is 29.7 Å². The molecule has 3 rings (SSSR count). The third kappa shape index (κ3) is 1.73. The van der Waals surface area contributed by atoms with E-state index >= 15 is 0 Å². The molecule has 0 amide bonds. The minimum Gasteiger partial charge on any atom is -0.423 e. The topological polar surface area (TPSA) is 57.5 Å². The Morgan fingerprint density at radius 1 is 0.944 bits per heavy atom. The largest absolute Gasteiger partial charge is 0.488 e. The Hall–Kier alpha value is -1.69. The van der Waals surface area contributed by atoms with Gasteiger partial charge in [-0.15, -0.1) is 11.3 Å². The molecule has 0 radical (unpaired) electrons. The first-order valence-electron chi connectivity index (χ1n) is 5.48. The molecule has 0 atom stereocenters. The highest BCUT2D eigenvalue weighted by Gasteiger charge is 2.13. The molecule has 2 N–H and O–H groups in total. The van der Waals surface area contributed by atoms with E-state index in [1.54, 1.807) is 24.3 Å². The molecule has 0 bridgehead atoms. The van der Waals surface area contributed by atoms with Crippen LogP contribution in [0.4, 0.5) is 0 Å². The van der Waals surface area contributed by atoms with Gasteiger partial charge in [0.1, 0.15) is 0 Å². The summed E-state index contributed by atoms with van der Waals surface area (Å²) >= 11 is 1.52. The SMILES string of the molecule is O=c1c2ccccc2sc2ccc(B(O)O)cc12. The predicted molar refractivity (Wildman–Crippen MR) is 75.4 cm³/mol. The lowest BCUT2D eigenvalue weighted by atomic mass is 9.80. The highest BCUT2D eigenvalue weighted by molar-refractivity contribution is 7.24. The summed E-state index contributed by atoms with van der Waals surface area (Å²) in [6, 6.07) is 12.3. The van der Waals surface area contributed by atoms with Crippen molar-refractivity contribution >= 4 is 44.1 Å². The zero-order chi connectivity index (χ0) is 12.7. The molecule has 1 aromatic heterocycles. The van der Waals surface area contributed by atoms with Gasteiger partial charge in [0.25, 0.3) is 0 Å². The van der Waals surface area contributed by atoms with Crippen LogP contribution in [0.15, 0.2) is 47.3 Å². The smallest absolute Gasteiger partial charge is 0.423 e. The van der Waals surface area contributed by atoms with Gasteiger partial charge in [0.2, 0.25) is 0 Å². The van der Waals surface area contributed by atoms with Crippen LogP contribution >= 0.6 is 11.3 Å². The summed E-state index contributed by atoms with van der Waals surface area (Å²) in [6.07, 6.45) is 0. The molecule has 0 spiro atoms. The van der Waals surface area contributed by atoms with Crippen molar-refractivity contribution in [1.82, 2.24) is 0 Å². The first-order valence-corrected chi connectivity index (χ1v) is 6.30. The second-order valence-electron chi connectivity index (χ2n) is 4.06. The van der Waals surface area contributed by atoms with Crippen LogP contribution in [0.1, 0.15) is 0 Å². The molecule has 18 heavy (non-hydrogen) atoms. The van der Waals surface area contributed by atoms with Gasteiger partial charge in [-0.1, -0.05) is 18.2 Å². The van der Waals surface area contributed by atoms with Gasteiger partial charge >= 0.3 is 7.12 Å². The van der Waals surface area contributed by atoms with Crippen molar-refractivity contribution in [3.63, 3.8) is 0 Å². The zero-order valence-corrected chi connectivity index (χ0v) is 10.1. The van der Waals surface area contributed by atoms with E-state index in [2.05, 4.69) is 0 Å². The minimum atomic E-state index is -1.55. The van der Waals surface area contributed by atoms with E-state index < -0.39 is 7.12 Å². The Morgan fingerprint density at radius 3 is 2.44 bits per heavy atom. The van der Waals surface area contributed by atoms with Gasteiger partial charge in [-0.3, -0.25) is 4.79 Å². The summed E-state index contributed by atoms with van der Waals surface area (Å²) in [4.78, 5) is 12.3. The van der Waals surface area contributed by atoms with Gasteiger partial charge in [-0.25, -0.2) is 0 Å². The van der Waals surface area contributed by atoms with Crippen molar-refractivity contribution in [2.75, 3.05) is 0 Å². The van der Waals surface area contributed by atoms with Crippen molar-refractivity contribution in [2.45, 2.75) is 0 Å². The molecular weight excluding hydrogens is 247 g/mol. The molecule has 88 valence electrons. The monoisotopic (exact) mass is 256 g/mol. The fourth-order valence-electron chi connectivity index (χ4n) is 1.98. The maximum absolute atomic E-state index is 12.3. The van der Waals surface area contributed by atoms with E-state index in [9.17, 15) is 4.79 Å². The normalized spacial score (nSPS) is 11.0. The summed E-state index contributed by atoms with van der Waals surface area (Å²) in [5.41, 5.74) is 0.268. The lowest BCUT2D eigenvalue weighted by molar-refractivity contribution is 0.426. The minimum absolute atomic E-state index is 0.0677. The Labute approximate surface area is 107 Å². The fourth-order valence-corrected chi connectivity index (χ4v) is 3.03. The van der Waals surface area contributed by atoms with Crippen LogP contribution in [0.25, 0.3) is 20.2 Å². The van der Waals surface area contributed by atoms with E-state index in [4.69, 9.17) is 10.0 Å². The molecule has 0 saturated heterocycles. The van der Waals surface area contributed by atoms with Crippen molar-refractivity contribution in [3.8, 4) is 0 Å². The highest BCUT2D eigenvalue weighted by atomic mass is 32.1. The molecule has 3 aromatic rings. The number of hydrogen-bond donors (Lipinski definition) is 2. The fraction of sp³-hybridized carbons (Fsp3) is 0. The van der Waals surface area contributed by atoms with Gasteiger partial charge in [0, 0.05) is 20.2 Å². The van der Waals surface area contributed by atoms with E-state index in [0.29, 0.717) is 16.2 Å². The van der Waals surface area contributed by atoms with Crippen molar-refractivity contribution in [3.05, 3.63) is 52.7 Å². The standard InChI is InChI=1S/C13H9BO3S/c15-13-9-3-1-2-4-11(9)18-12-6-5-8(14(16)17)7-10(12)13/h1-7,16-17H. The molecule has 0 fully saturated rings. The molecular formula is C13H9BO3S. The molecule has 0 unspecified atom stereocenters. The molecule has 0 aliphatic carbocycles. The lowest BCUT2D eigenvalue weighted by Gasteiger charge is -2.03. The quantitative estimate of drug-likeness (QED) is 0.506. The third-order valence-corrected chi connectivity index (χ3v) is 4.05. The van der Waals surface area contributed by atoms with E-state index in [1.807, 2.05) is 18.2 Å². The van der Waals surface area contributed by atoms with Crippen molar-refractivity contribution < 1.29 is 10.0 Å². The van der Waals surface area contributed by atoms with Crippen LogP contribution in [0.3, 0.4) is 0 Å². The molecule has 3 nitrogen and oxygen atoms in total. The van der Waals surface area contributed by atoms with Crippen LogP contribution < -0.4 is 10.9 Å². The Bertz CT molecular complexity index is 795. The molecule has 1 heterocycles. The molecule has 2 aromatic carbocycles. The summed E-state index contributed by atoms with van der Waals surface area (Å²) in [7, 11) is -1.55. The lowest BCUT2D eigenvalue weighted by Crippen LogP contribution is -2.29. The highest BCUT2D eigenvalue weighted by Crippen LogP contribution is 2.23. The van der Waals surface area contributed by atoms with Crippen LogP contribution in [-0.4, -0.2) is 17.2 Å². The van der Waals surface area contributed by atoms with Crippen molar-refractivity contribution in [2.24, 2.45) is 0 Å². The second-order valence-corrected chi connectivity index (χ2v) is 5.14. The van der Waals surface area contributed by atoms with E-state index in [-0.39, 0.29) is 5.43 Å². The average Bonchev–Trinajstić information content (AvgIpc) is 2.38. The van der Waals surface area contributed by atoms with Crippen LogP contribution in [0.2, 0.25) is 0 Å². The predicted octanol–water partition coefficient (Wildman–Crippen LogP) is 1.09.